The minimum absolute atomic E-state index is 0.100. The van der Waals surface area contributed by atoms with Gasteiger partial charge in [0.1, 0.15) is 17.1 Å². The Labute approximate surface area is 186 Å². The van der Waals surface area contributed by atoms with Crippen molar-refractivity contribution in [3.8, 4) is 6.07 Å². The summed E-state index contributed by atoms with van der Waals surface area (Å²) in [6, 6.07) is 11.7. The SMILES string of the molecule is N#C[C@]1(C2CC2)C(=O)N2C[C@H]1COC/C=C\COCc1cccc(n1)Nc1cc2ccn1. The molecule has 2 atom stereocenters. The van der Waals surface area contributed by atoms with E-state index in [9.17, 15) is 10.1 Å². The number of pyridine rings is 2. The van der Waals surface area contributed by atoms with Crippen LogP contribution in [0.1, 0.15) is 18.5 Å². The lowest BCUT2D eigenvalue weighted by Gasteiger charge is -2.25. The summed E-state index contributed by atoms with van der Waals surface area (Å²) in [5.74, 6) is 1.02. The first-order chi connectivity index (χ1) is 15.7. The summed E-state index contributed by atoms with van der Waals surface area (Å²) < 4.78 is 11.5. The molecule has 5 rings (SSSR count). The molecular weight excluding hydrogens is 406 g/mol. The maximum absolute atomic E-state index is 13.6. The van der Waals surface area contributed by atoms with Gasteiger partial charge >= 0.3 is 0 Å². The number of amides is 1. The molecule has 1 N–H and O–H groups in total. The third-order valence-corrected chi connectivity index (χ3v) is 6.33. The average molecular weight is 431 g/mol. The fourth-order valence-electron chi connectivity index (χ4n) is 4.59. The summed E-state index contributed by atoms with van der Waals surface area (Å²) in [6.07, 6.45) is 7.29. The molecule has 2 aromatic heterocycles. The summed E-state index contributed by atoms with van der Waals surface area (Å²) >= 11 is 0. The zero-order valence-corrected chi connectivity index (χ0v) is 17.7. The molecule has 8 heteroatoms. The van der Waals surface area contributed by atoms with Crippen molar-refractivity contribution >= 4 is 23.2 Å². The summed E-state index contributed by atoms with van der Waals surface area (Å²) in [4.78, 5) is 24.3. The second-order valence-corrected chi connectivity index (χ2v) is 8.43. The molecule has 164 valence electrons. The van der Waals surface area contributed by atoms with E-state index in [0.717, 1.165) is 24.2 Å². The van der Waals surface area contributed by atoms with Gasteiger partial charge in [0.25, 0.3) is 0 Å². The lowest BCUT2D eigenvalue weighted by molar-refractivity contribution is -0.125. The van der Waals surface area contributed by atoms with Crippen LogP contribution in [-0.4, -0.2) is 42.2 Å². The van der Waals surface area contributed by atoms with Gasteiger partial charge in [-0.3, -0.25) is 4.79 Å². The number of fused-ring (bicyclic) bond motifs is 7. The van der Waals surface area contributed by atoms with Crippen molar-refractivity contribution in [2.24, 2.45) is 17.3 Å². The number of nitrogens with zero attached hydrogens (tertiary/aromatic N) is 4. The molecule has 2 aromatic rings. The second kappa shape index (κ2) is 8.69. The Hall–Kier alpha value is -3.28. The maximum atomic E-state index is 13.6. The molecule has 3 aliphatic rings. The molecule has 2 fully saturated rings. The smallest absolute Gasteiger partial charge is 0.248 e. The number of nitrogens with one attached hydrogen (secondary N) is 1. The monoisotopic (exact) mass is 431 g/mol. The first-order valence-electron chi connectivity index (χ1n) is 10.9. The van der Waals surface area contributed by atoms with Crippen molar-refractivity contribution < 1.29 is 14.3 Å². The Morgan fingerprint density at radius 2 is 1.97 bits per heavy atom. The molecule has 2 aliphatic heterocycles. The molecule has 1 saturated carbocycles. The molecule has 0 aromatic carbocycles. The van der Waals surface area contributed by atoms with Crippen LogP contribution in [0.2, 0.25) is 0 Å². The summed E-state index contributed by atoms with van der Waals surface area (Å²) in [7, 11) is 0. The van der Waals surface area contributed by atoms with Crippen LogP contribution in [0, 0.1) is 28.6 Å². The lowest BCUT2D eigenvalue weighted by atomic mass is 9.75. The number of hydrogen-bond donors (Lipinski definition) is 1. The van der Waals surface area contributed by atoms with Crippen LogP contribution in [0.5, 0.6) is 0 Å². The minimum atomic E-state index is -1.03. The molecular formula is C24H25N5O3. The van der Waals surface area contributed by atoms with Crippen molar-refractivity contribution in [2.45, 2.75) is 19.4 Å². The topological polar surface area (TPSA) is 100 Å². The van der Waals surface area contributed by atoms with Crippen LogP contribution < -0.4 is 10.2 Å². The fraction of sp³-hybridized carbons (Fsp3) is 0.417. The second-order valence-electron chi connectivity index (χ2n) is 8.43. The summed E-state index contributed by atoms with van der Waals surface area (Å²) in [6.45, 7) is 2.07. The molecule has 1 saturated heterocycles. The lowest BCUT2D eigenvalue weighted by Crippen LogP contribution is -2.38. The van der Waals surface area contributed by atoms with Crippen LogP contribution in [0.15, 0.2) is 48.7 Å². The summed E-state index contributed by atoms with van der Waals surface area (Å²) in [5.41, 5.74) is 0.496. The first-order valence-corrected chi connectivity index (χ1v) is 10.9. The van der Waals surface area contributed by atoms with Gasteiger partial charge in [-0.2, -0.15) is 5.26 Å². The van der Waals surface area contributed by atoms with E-state index < -0.39 is 5.41 Å². The fourth-order valence-corrected chi connectivity index (χ4v) is 4.59. The minimum Gasteiger partial charge on any atom is -0.377 e. The van der Waals surface area contributed by atoms with Crippen molar-refractivity contribution in [1.29, 1.82) is 5.26 Å². The van der Waals surface area contributed by atoms with Crippen LogP contribution >= 0.6 is 0 Å². The van der Waals surface area contributed by atoms with Gasteiger partial charge in [0.15, 0.2) is 0 Å². The third-order valence-electron chi connectivity index (χ3n) is 6.33. The Morgan fingerprint density at radius 1 is 1.12 bits per heavy atom. The molecule has 0 spiro atoms. The number of rotatable bonds is 1. The highest BCUT2D eigenvalue weighted by Crippen LogP contribution is 2.54. The maximum Gasteiger partial charge on any atom is 0.248 e. The number of carbonyl (C=O) groups excluding carboxylic acids is 1. The molecule has 0 unspecified atom stereocenters. The predicted molar refractivity (Wildman–Crippen MR) is 118 cm³/mol. The van der Waals surface area contributed by atoms with E-state index in [0.29, 0.717) is 44.6 Å². The van der Waals surface area contributed by atoms with E-state index in [1.165, 1.54) is 0 Å². The van der Waals surface area contributed by atoms with Gasteiger partial charge < -0.3 is 19.7 Å². The van der Waals surface area contributed by atoms with Crippen molar-refractivity contribution in [3.63, 3.8) is 0 Å². The number of hydrogen-bond acceptors (Lipinski definition) is 7. The zero-order chi connectivity index (χ0) is 22.0. The normalized spacial score (nSPS) is 27.0. The standard InChI is InChI=1S/C24H25N5O3/c25-16-24(17-6-7-17)18-13-29(23(24)30)20-8-9-26-22(12-20)28-21-5-3-4-19(27-21)15-32-11-2-1-10-31-14-18/h1-5,8-9,12,17-18H,6-7,10-11,13-15H2,(H,26,27,28)/b2-1-/t18-,24+/m0/s1. The Balaban J connectivity index is 1.49. The highest BCUT2D eigenvalue weighted by molar-refractivity contribution is 6.03. The molecule has 1 amide bonds. The van der Waals surface area contributed by atoms with Crippen molar-refractivity contribution in [2.75, 3.05) is 36.6 Å². The Bertz CT molecular complexity index is 1080. The van der Waals surface area contributed by atoms with Gasteiger partial charge in [0.2, 0.25) is 5.91 Å². The molecule has 1 aliphatic carbocycles. The van der Waals surface area contributed by atoms with Gasteiger partial charge in [-0.05, 0) is 37.0 Å². The quantitative estimate of drug-likeness (QED) is 0.692. The Morgan fingerprint density at radius 3 is 2.78 bits per heavy atom. The number of carbonyl (C=O) groups is 1. The Kier molecular flexibility index (Phi) is 5.60. The van der Waals surface area contributed by atoms with Crippen molar-refractivity contribution in [1.82, 2.24) is 9.97 Å². The average Bonchev–Trinajstić information content (AvgIpc) is 3.61. The predicted octanol–water partition coefficient (Wildman–Crippen LogP) is 3.21. The van der Waals surface area contributed by atoms with Gasteiger partial charge in [-0.1, -0.05) is 18.2 Å². The molecule has 32 heavy (non-hydrogen) atoms. The third kappa shape index (κ3) is 3.85. The van der Waals surface area contributed by atoms with E-state index in [1.54, 1.807) is 17.2 Å². The largest absolute Gasteiger partial charge is 0.377 e. The van der Waals surface area contributed by atoms with Crippen LogP contribution in [0.4, 0.5) is 17.3 Å². The number of anilines is 3. The summed E-state index contributed by atoms with van der Waals surface area (Å²) in [5, 5.41) is 13.4. The molecule has 6 bridgehead atoms. The number of nitriles is 1. The van der Waals surface area contributed by atoms with Crippen molar-refractivity contribution in [3.05, 3.63) is 54.4 Å². The molecule has 0 radical (unpaired) electrons. The highest BCUT2D eigenvalue weighted by atomic mass is 16.5. The zero-order valence-electron chi connectivity index (χ0n) is 17.7. The van der Waals surface area contributed by atoms with E-state index in [2.05, 4.69) is 21.4 Å². The van der Waals surface area contributed by atoms with E-state index in [1.807, 2.05) is 36.4 Å². The number of aromatic nitrogens is 2. The highest BCUT2D eigenvalue weighted by Gasteiger charge is 2.62. The van der Waals surface area contributed by atoms with E-state index in [4.69, 9.17) is 9.47 Å². The van der Waals surface area contributed by atoms with E-state index >= 15 is 0 Å². The van der Waals surface area contributed by atoms with Gasteiger partial charge in [0, 0.05) is 30.4 Å². The van der Waals surface area contributed by atoms with Crippen LogP contribution in [0.3, 0.4) is 0 Å². The van der Waals surface area contributed by atoms with Gasteiger partial charge in [-0.25, -0.2) is 9.97 Å². The van der Waals surface area contributed by atoms with Crippen LogP contribution in [-0.2, 0) is 20.9 Å². The molecule has 4 heterocycles. The molecule has 8 nitrogen and oxygen atoms in total. The number of ether oxygens (including phenoxy) is 2. The van der Waals surface area contributed by atoms with Gasteiger partial charge in [0.05, 0.1) is 38.2 Å². The van der Waals surface area contributed by atoms with E-state index in [-0.39, 0.29) is 17.7 Å². The van der Waals surface area contributed by atoms with Gasteiger partial charge in [-0.15, -0.1) is 0 Å². The van der Waals surface area contributed by atoms with Crippen LogP contribution in [0.25, 0.3) is 0 Å². The first kappa shape index (κ1) is 20.6.